The predicted molar refractivity (Wildman–Crippen MR) is 178 cm³/mol. The van der Waals surface area contributed by atoms with Crippen LogP contribution in [0.15, 0.2) is 109 Å². The third-order valence-electron chi connectivity index (χ3n) is 8.07. The van der Waals surface area contributed by atoms with Crippen molar-refractivity contribution in [2.75, 3.05) is 13.1 Å². The molecule has 2 N–H and O–H groups in total. The molecule has 3 aromatic carbocycles. The van der Waals surface area contributed by atoms with E-state index >= 15 is 0 Å². The molecule has 0 saturated heterocycles. The van der Waals surface area contributed by atoms with Crippen LogP contribution in [0.5, 0.6) is 0 Å². The summed E-state index contributed by atoms with van der Waals surface area (Å²) in [7, 11) is 0. The largest absolute Gasteiger partial charge is 0.351 e. The molecular weight excluding hydrogens is 598 g/mol. The van der Waals surface area contributed by atoms with E-state index in [1.165, 1.54) is 22.4 Å². The molecule has 0 aliphatic heterocycles. The highest BCUT2D eigenvalue weighted by Crippen LogP contribution is 2.33. The van der Waals surface area contributed by atoms with Gasteiger partial charge in [0, 0.05) is 50.7 Å². The number of hydrogen-bond donors (Lipinski definition) is 2. The van der Waals surface area contributed by atoms with Gasteiger partial charge < -0.3 is 10.6 Å². The Kier molecular flexibility index (Phi) is 10.7. The lowest BCUT2D eigenvalue weighted by Crippen LogP contribution is -2.38. The van der Waals surface area contributed by atoms with E-state index in [0.717, 1.165) is 61.9 Å². The van der Waals surface area contributed by atoms with Crippen molar-refractivity contribution in [1.29, 1.82) is 0 Å². The Balaban J connectivity index is 0.00000368. The molecule has 43 heavy (non-hydrogen) atoms. The van der Waals surface area contributed by atoms with Crippen LogP contribution >= 0.6 is 17.0 Å². The van der Waals surface area contributed by atoms with Crippen molar-refractivity contribution >= 4 is 33.7 Å². The van der Waals surface area contributed by atoms with Crippen LogP contribution in [0.4, 0.5) is 0 Å². The number of carbonyl (C=O) groups is 1. The van der Waals surface area contributed by atoms with Crippen molar-refractivity contribution in [2.45, 2.75) is 44.9 Å². The highest BCUT2D eigenvalue weighted by Gasteiger charge is 2.27. The summed E-state index contributed by atoms with van der Waals surface area (Å²) in [4.78, 5) is 24.7. The zero-order valence-corrected chi connectivity index (χ0v) is 26.0. The smallest absolute Gasteiger partial charge is 0.251 e. The highest BCUT2D eigenvalue weighted by molar-refractivity contribution is 8.93. The topological polar surface area (TPSA) is 70.2 Å². The fourth-order valence-corrected chi connectivity index (χ4v) is 5.87. The third-order valence-corrected chi connectivity index (χ3v) is 8.07. The fourth-order valence-electron chi connectivity index (χ4n) is 5.87. The summed E-state index contributed by atoms with van der Waals surface area (Å²) in [5.74, 6) is -0.0366. The number of fused-ring (bicyclic) bond motifs is 2. The number of hydrogen-bond acceptors (Lipinski definition) is 5. The van der Waals surface area contributed by atoms with Crippen LogP contribution in [0.3, 0.4) is 0 Å². The van der Waals surface area contributed by atoms with Gasteiger partial charge >= 0.3 is 0 Å². The average Bonchev–Trinajstić information content (AvgIpc) is 3.05. The molecular formula is C36H38BrN5O. The molecule has 2 aromatic heterocycles. The summed E-state index contributed by atoms with van der Waals surface area (Å²) in [6.45, 7) is 3.65. The van der Waals surface area contributed by atoms with Gasteiger partial charge in [0.2, 0.25) is 0 Å². The molecule has 0 spiro atoms. The first-order valence-electron chi connectivity index (χ1n) is 14.9. The minimum absolute atomic E-state index is 0. The Morgan fingerprint density at radius 1 is 0.814 bits per heavy atom. The molecule has 7 heteroatoms. The number of benzene rings is 3. The predicted octanol–water partition coefficient (Wildman–Crippen LogP) is 6.81. The summed E-state index contributed by atoms with van der Waals surface area (Å²) in [5, 5.41) is 8.87. The molecule has 2 heterocycles. The molecule has 1 atom stereocenters. The Morgan fingerprint density at radius 3 is 2.44 bits per heavy atom. The number of carbonyl (C=O) groups excluding carboxylic acids is 1. The monoisotopic (exact) mass is 635 g/mol. The lowest BCUT2D eigenvalue weighted by atomic mass is 9.90. The van der Waals surface area contributed by atoms with Gasteiger partial charge in [-0.1, -0.05) is 66.7 Å². The van der Waals surface area contributed by atoms with Gasteiger partial charge in [-0.2, -0.15) is 0 Å². The van der Waals surface area contributed by atoms with Gasteiger partial charge in [-0.15, -0.1) is 17.0 Å². The minimum Gasteiger partial charge on any atom is -0.351 e. The number of amides is 1. The molecule has 1 unspecified atom stereocenters. The first-order valence-corrected chi connectivity index (χ1v) is 14.9. The van der Waals surface area contributed by atoms with Crippen molar-refractivity contribution in [3.05, 3.63) is 143 Å². The molecule has 0 fully saturated rings. The molecule has 5 aromatic rings. The van der Waals surface area contributed by atoms with E-state index in [9.17, 15) is 4.79 Å². The summed E-state index contributed by atoms with van der Waals surface area (Å²) in [6, 6.07) is 33.3. The Morgan fingerprint density at radius 2 is 1.60 bits per heavy atom. The number of halogens is 1. The summed E-state index contributed by atoms with van der Waals surface area (Å²) < 4.78 is 0. The lowest BCUT2D eigenvalue weighted by Gasteiger charge is -2.35. The molecule has 0 saturated carbocycles. The van der Waals surface area contributed by atoms with Gasteiger partial charge in [-0.25, -0.2) is 0 Å². The molecule has 1 amide bonds. The lowest BCUT2D eigenvalue weighted by molar-refractivity contribution is 0.0939. The van der Waals surface area contributed by atoms with Gasteiger partial charge in [-0.3, -0.25) is 19.7 Å². The van der Waals surface area contributed by atoms with E-state index in [0.29, 0.717) is 12.1 Å². The molecule has 220 valence electrons. The average molecular weight is 637 g/mol. The second-order valence-electron chi connectivity index (χ2n) is 11.0. The fraction of sp³-hybridized carbons (Fsp3) is 0.250. The quantitative estimate of drug-likeness (QED) is 0.167. The maximum Gasteiger partial charge on any atom is 0.251 e. The first-order chi connectivity index (χ1) is 20.7. The summed E-state index contributed by atoms with van der Waals surface area (Å²) in [5.41, 5.74) is 6.75. The Labute approximate surface area is 264 Å². The van der Waals surface area contributed by atoms with Crippen molar-refractivity contribution in [3.63, 3.8) is 0 Å². The normalized spacial score (nSPS) is 14.2. The van der Waals surface area contributed by atoms with E-state index in [2.05, 4.69) is 56.9 Å². The van der Waals surface area contributed by atoms with Gasteiger partial charge in [0.25, 0.3) is 5.91 Å². The van der Waals surface area contributed by atoms with Crippen molar-refractivity contribution in [1.82, 2.24) is 25.5 Å². The summed E-state index contributed by atoms with van der Waals surface area (Å²) in [6.07, 6.45) is 7.02. The number of aryl methyl sites for hydroxylation is 1. The number of rotatable bonds is 11. The molecule has 0 radical (unpaired) electrons. The number of aromatic nitrogens is 2. The third kappa shape index (κ3) is 7.93. The van der Waals surface area contributed by atoms with Crippen molar-refractivity contribution < 1.29 is 4.79 Å². The van der Waals surface area contributed by atoms with E-state index in [4.69, 9.17) is 4.98 Å². The minimum atomic E-state index is -0.0366. The maximum absolute atomic E-state index is 13.1. The van der Waals surface area contributed by atoms with Crippen LogP contribution in [0, 0.1) is 0 Å². The van der Waals surface area contributed by atoms with Gasteiger partial charge in [0.05, 0.1) is 17.4 Å². The first kappa shape index (κ1) is 30.5. The SMILES string of the molecule is Br.O=C(NCCN(Cc1ccc(CNCc2ccccn2)cc1)C1CCCc2cccnc21)c1ccc2ccccc2c1. The molecule has 1 aliphatic carbocycles. The Hall–Kier alpha value is -3.91. The maximum atomic E-state index is 13.1. The van der Waals surface area contributed by atoms with Crippen LogP contribution in [-0.2, 0) is 26.1 Å². The van der Waals surface area contributed by atoms with Crippen LogP contribution in [-0.4, -0.2) is 33.9 Å². The zero-order valence-electron chi connectivity index (χ0n) is 24.3. The Bertz CT molecular complexity index is 1630. The van der Waals surface area contributed by atoms with Crippen molar-refractivity contribution in [2.24, 2.45) is 0 Å². The van der Waals surface area contributed by atoms with Gasteiger partial charge in [-0.05, 0) is 77.1 Å². The van der Waals surface area contributed by atoms with Crippen LogP contribution in [0.1, 0.15) is 57.3 Å². The van der Waals surface area contributed by atoms with Gasteiger partial charge in [0.1, 0.15) is 0 Å². The second-order valence-corrected chi connectivity index (χ2v) is 11.0. The number of pyridine rings is 2. The number of nitrogens with zero attached hydrogens (tertiary/aromatic N) is 3. The zero-order chi connectivity index (χ0) is 28.6. The number of nitrogens with one attached hydrogen (secondary N) is 2. The van der Waals surface area contributed by atoms with Crippen LogP contribution in [0.2, 0.25) is 0 Å². The van der Waals surface area contributed by atoms with E-state index in [-0.39, 0.29) is 28.9 Å². The molecule has 6 nitrogen and oxygen atoms in total. The summed E-state index contributed by atoms with van der Waals surface area (Å²) >= 11 is 0. The molecule has 0 bridgehead atoms. The van der Waals surface area contributed by atoms with Crippen molar-refractivity contribution in [3.8, 4) is 0 Å². The molecule has 6 rings (SSSR count). The van der Waals surface area contributed by atoms with E-state index in [1.807, 2.05) is 73.1 Å². The van der Waals surface area contributed by atoms with E-state index in [1.54, 1.807) is 0 Å². The standard InChI is InChI=1S/C36H37N5O.BrH/c42-36(32-18-17-29-7-1-2-8-31(29)23-32)40-21-22-41(34-12-5-9-30-10-6-20-39-35(30)34)26-28-15-13-27(14-16-28)24-37-25-33-11-3-4-19-38-33;/h1-4,6-8,10-11,13-20,23,34,37H,5,9,12,21-22,24-26H2,(H,40,42);1H. The van der Waals surface area contributed by atoms with Crippen LogP contribution < -0.4 is 10.6 Å². The highest BCUT2D eigenvalue weighted by atomic mass is 79.9. The van der Waals surface area contributed by atoms with Crippen LogP contribution in [0.25, 0.3) is 10.8 Å². The van der Waals surface area contributed by atoms with E-state index < -0.39 is 0 Å². The van der Waals surface area contributed by atoms with Gasteiger partial charge in [0.15, 0.2) is 0 Å². The second kappa shape index (κ2) is 15.0. The molecule has 1 aliphatic rings.